The predicted molar refractivity (Wildman–Crippen MR) is 81.0 cm³/mol. The summed E-state index contributed by atoms with van der Waals surface area (Å²) in [5.41, 5.74) is 0.444. The minimum atomic E-state index is -0.616. The molecule has 6 heteroatoms. The molecule has 0 unspecified atom stereocenters. The summed E-state index contributed by atoms with van der Waals surface area (Å²) in [6.07, 6.45) is 5.78. The second kappa shape index (κ2) is 5.71. The van der Waals surface area contributed by atoms with Crippen LogP contribution in [-0.4, -0.2) is 67.6 Å². The molecular weight excluding hydrogens is 266 g/mol. The Kier molecular flexibility index (Phi) is 3.93. The SMILES string of the molecule is CC(C)(O)CN1CCN(Cc2cn3cccnc3n2)CC1. The second-order valence-corrected chi connectivity index (χ2v) is 6.42. The van der Waals surface area contributed by atoms with Crippen molar-refractivity contribution in [1.29, 1.82) is 0 Å². The fourth-order valence-corrected chi connectivity index (χ4v) is 2.84. The van der Waals surface area contributed by atoms with Gasteiger partial charge in [-0.15, -0.1) is 0 Å². The van der Waals surface area contributed by atoms with Gasteiger partial charge in [0.15, 0.2) is 0 Å². The number of aromatic nitrogens is 3. The predicted octanol–water partition coefficient (Wildman–Crippen LogP) is 0.618. The average Bonchev–Trinajstić information content (AvgIpc) is 2.81. The smallest absolute Gasteiger partial charge is 0.233 e. The number of aliphatic hydroxyl groups is 1. The Labute approximate surface area is 125 Å². The van der Waals surface area contributed by atoms with Crippen molar-refractivity contribution >= 4 is 5.78 Å². The zero-order valence-corrected chi connectivity index (χ0v) is 12.7. The topological polar surface area (TPSA) is 56.9 Å². The van der Waals surface area contributed by atoms with Gasteiger partial charge in [0.25, 0.3) is 0 Å². The first-order valence-corrected chi connectivity index (χ1v) is 7.45. The molecule has 0 radical (unpaired) electrons. The van der Waals surface area contributed by atoms with E-state index in [1.54, 1.807) is 6.20 Å². The summed E-state index contributed by atoms with van der Waals surface area (Å²) >= 11 is 0. The third kappa shape index (κ3) is 3.78. The lowest BCUT2D eigenvalue weighted by Crippen LogP contribution is -2.50. The minimum absolute atomic E-state index is 0.616. The van der Waals surface area contributed by atoms with Crippen molar-refractivity contribution in [2.75, 3.05) is 32.7 Å². The van der Waals surface area contributed by atoms with Crippen LogP contribution in [0, 0.1) is 0 Å². The quantitative estimate of drug-likeness (QED) is 0.894. The fourth-order valence-electron chi connectivity index (χ4n) is 2.84. The average molecular weight is 289 g/mol. The molecule has 0 saturated carbocycles. The summed E-state index contributed by atoms with van der Waals surface area (Å²) in [6.45, 7) is 9.34. The van der Waals surface area contributed by atoms with E-state index in [4.69, 9.17) is 0 Å². The summed E-state index contributed by atoms with van der Waals surface area (Å²) < 4.78 is 1.96. The van der Waals surface area contributed by atoms with Crippen molar-refractivity contribution in [3.05, 3.63) is 30.4 Å². The van der Waals surface area contributed by atoms with Gasteiger partial charge in [0, 0.05) is 57.9 Å². The largest absolute Gasteiger partial charge is 0.389 e. The molecule has 1 fully saturated rings. The summed E-state index contributed by atoms with van der Waals surface area (Å²) in [4.78, 5) is 13.5. The molecule has 0 aromatic carbocycles. The van der Waals surface area contributed by atoms with Crippen LogP contribution >= 0.6 is 0 Å². The van der Waals surface area contributed by atoms with E-state index in [1.165, 1.54) is 0 Å². The number of nitrogens with zero attached hydrogens (tertiary/aromatic N) is 5. The summed E-state index contributed by atoms with van der Waals surface area (Å²) in [6, 6.07) is 1.91. The molecule has 0 spiro atoms. The molecule has 0 bridgehead atoms. The van der Waals surface area contributed by atoms with E-state index in [9.17, 15) is 5.11 Å². The summed E-state index contributed by atoms with van der Waals surface area (Å²) in [7, 11) is 0. The van der Waals surface area contributed by atoms with Gasteiger partial charge in [-0.2, -0.15) is 0 Å². The highest BCUT2D eigenvalue weighted by molar-refractivity contribution is 5.29. The molecule has 0 atom stereocenters. The van der Waals surface area contributed by atoms with Gasteiger partial charge in [-0.25, -0.2) is 9.97 Å². The Balaban J connectivity index is 1.55. The maximum Gasteiger partial charge on any atom is 0.233 e. The van der Waals surface area contributed by atoms with Crippen molar-refractivity contribution in [2.45, 2.75) is 26.0 Å². The number of β-amino-alcohol motifs (C(OH)–C–C–N with tert-alkyl or cyclic N) is 1. The van der Waals surface area contributed by atoms with Crippen molar-refractivity contribution < 1.29 is 5.11 Å². The zero-order chi connectivity index (χ0) is 14.9. The van der Waals surface area contributed by atoms with Crippen LogP contribution < -0.4 is 0 Å². The van der Waals surface area contributed by atoms with Gasteiger partial charge in [-0.1, -0.05) is 0 Å². The highest BCUT2D eigenvalue weighted by Crippen LogP contribution is 2.11. The van der Waals surface area contributed by atoms with Gasteiger partial charge < -0.3 is 5.11 Å². The molecule has 3 heterocycles. The monoisotopic (exact) mass is 289 g/mol. The van der Waals surface area contributed by atoms with Gasteiger partial charge in [0.2, 0.25) is 5.78 Å². The molecule has 1 aliphatic heterocycles. The zero-order valence-electron chi connectivity index (χ0n) is 12.7. The highest BCUT2D eigenvalue weighted by atomic mass is 16.3. The Morgan fingerprint density at radius 1 is 1.19 bits per heavy atom. The van der Waals surface area contributed by atoms with Crippen LogP contribution in [0.4, 0.5) is 0 Å². The molecule has 0 amide bonds. The van der Waals surface area contributed by atoms with Gasteiger partial charge in [-0.3, -0.25) is 14.2 Å². The van der Waals surface area contributed by atoms with E-state index in [1.807, 2.05) is 36.7 Å². The highest BCUT2D eigenvalue weighted by Gasteiger charge is 2.23. The van der Waals surface area contributed by atoms with Crippen LogP contribution in [0.25, 0.3) is 5.78 Å². The third-order valence-electron chi connectivity index (χ3n) is 3.75. The molecule has 0 aliphatic carbocycles. The lowest BCUT2D eigenvalue weighted by Gasteiger charge is -2.37. The molecule has 1 N–H and O–H groups in total. The van der Waals surface area contributed by atoms with Crippen LogP contribution in [-0.2, 0) is 6.54 Å². The second-order valence-electron chi connectivity index (χ2n) is 6.42. The standard InChI is InChI=1S/C15H23N5O/c1-15(2,21)12-19-8-6-18(7-9-19)10-13-11-20-5-3-4-16-14(20)17-13/h3-5,11,21H,6-10,12H2,1-2H3. The number of rotatable bonds is 4. The lowest BCUT2D eigenvalue weighted by molar-refractivity contribution is 0.0165. The maximum absolute atomic E-state index is 9.88. The van der Waals surface area contributed by atoms with Gasteiger partial charge in [0.05, 0.1) is 11.3 Å². The number of imidazole rings is 1. The van der Waals surface area contributed by atoms with Crippen molar-refractivity contribution in [1.82, 2.24) is 24.2 Å². The first kappa shape index (κ1) is 14.4. The van der Waals surface area contributed by atoms with Crippen LogP contribution in [0.2, 0.25) is 0 Å². The van der Waals surface area contributed by atoms with Gasteiger partial charge in [-0.05, 0) is 19.9 Å². The molecule has 2 aromatic heterocycles. The van der Waals surface area contributed by atoms with Crippen LogP contribution in [0.15, 0.2) is 24.7 Å². The van der Waals surface area contributed by atoms with Crippen LogP contribution in [0.5, 0.6) is 0 Å². The molecule has 2 aromatic rings. The van der Waals surface area contributed by atoms with Crippen molar-refractivity contribution in [2.24, 2.45) is 0 Å². The van der Waals surface area contributed by atoms with Crippen molar-refractivity contribution in [3.8, 4) is 0 Å². The summed E-state index contributed by atoms with van der Waals surface area (Å²) in [5.74, 6) is 0.758. The number of hydrogen-bond acceptors (Lipinski definition) is 5. The van der Waals surface area contributed by atoms with Crippen molar-refractivity contribution in [3.63, 3.8) is 0 Å². The Bertz CT molecular complexity index is 562. The normalized spacial score (nSPS) is 18.4. The van der Waals surface area contributed by atoms with E-state index in [-0.39, 0.29) is 0 Å². The Hall–Kier alpha value is -1.50. The number of piperazine rings is 1. The van der Waals surface area contributed by atoms with E-state index < -0.39 is 5.60 Å². The lowest BCUT2D eigenvalue weighted by atomic mass is 10.1. The van der Waals surface area contributed by atoms with E-state index in [0.29, 0.717) is 0 Å². The minimum Gasteiger partial charge on any atom is -0.389 e. The molecule has 6 nitrogen and oxygen atoms in total. The van der Waals surface area contributed by atoms with E-state index >= 15 is 0 Å². The van der Waals surface area contributed by atoms with Crippen LogP contribution in [0.1, 0.15) is 19.5 Å². The molecule has 114 valence electrons. The maximum atomic E-state index is 9.88. The molecule has 21 heavy (non-hydrogen) atoms. The number of fused-ring (bicyclic) bond motifs is 1. The van der Waals surface area contributed by atoms with E-state index in [2.05, 4.69) is 19.8 Å². The first-order chi connectivity index (χ1) is 9.99. The van der Waals surface area contributed by atoms with E-state index in [0.717, 1.165) is 50.7 Å². The third-order valence-corrected chi connectivity index (χ3v) is 3.75. The molecule has 3 rings (SSSR count). The summed E-state index contributed by atoms with van der Waals surface area (Å²) in [5, 5.41) is 9.88. The van der Waals surface area contributed by atoms with Crippen LogP contribution in [0.3, 0.4) is 0 Å². The van der Waals surface area contributed by atoms with Gasteiger partial charge >= 0.3 is 0 Å². The first-order valence-electron chi connectivity index (χ1n) is 7.45. The molecule has 1 aliphatic rings. The number of hydrogen-bond donors (Lipinski definition) is 1. The fraction of sp³-hybridized carbons (Fsp3) is 0.600. The molecular formula is C15H23N5O. The Morgan fingerprint density at radius 3 is 2.57 bits per heavy atom. The van der Waals surface area contributed by atoms with Gasteiger partial charge in [0.1, 0.15) is 0 Å². The molecule has 1 saturated heterocycles. The Morgan fingerprint density at radius 2 is 1.90 bits per heavy atom.